The fraction of sp³-hybridized carbons (Fsp3) is 0.0556. The lowest BCUT2D eigenvalue weighted by Gasteiger charge is -2.11. The van der Waals surface area contributed by atoms with Crippen molar-refractivity contribution < 1.29 is 18.0 Å². The molecule has 0 saturated heterocycles. The van der Waals surface area contributed by atoms with Crippen molar-refractivity contribution in [2.24, 2.45) is 0 Å². The predicted octanol–water partition coefficient (Wildman–Crippen LogP) is 3.12. The van der Waals surface area contributed by atoms with Gasteiger partial charge < -0.3 is 5.32 Å². The third-order valence-corrected chi connectivity index (χ3v) is 3.93. The number of hydrogen-bond donors (Lipinski definition) is 1. The van der Waals surface area contributed by atoms with E-state index in [-0.39, 0.29) is 11.4 Å². The van der Waals surface area contributed by atoms with Gasteiger partial charge in [0.2, 0.25) is 0 Å². The van der Waals surface area contributed by atoms with Gasteiger partial charge in [-0.15, -0.1) is 5.10 Å². The second-order valence-corrected chi connectivity index (χ2v) is 5.87. The number of para-hydroxylation sites is 1. The fourth-order valence-corrected chi connectivity index (χ4v) is 2.59. The average Bonchev–Trinajstić information content (AvgIpc) is 3.40. The van der Waals surface area contributed by atoms with Crippen LogP contribution in [0.25, 0.3) is 11.5 Å². The molecule has 4 aromatic rings. The Bertz CT molecular complexity index is 1130. The molecule has 146 valence electrons. The molecule has 1 aromatic carbocycles. The summed E-state index contributed by atoms with van der Waals surface area (Å²) in [5, 5.41) is 13.9. The van der Waals surface area contributed by atoms with Crippen molar-refractivity contribution in [2.45, 2.75) is 6.18 Å². The Morgan fingerprint density at radius 1 is 1.03 bits per heavy atom. The van der Waals surface area contributed by atoms with Crippen LogP contribution in [-0.4, -0.2) is 35.7 Å². The van der Waals surface area contributed by atoms with Gasteiger partial charge in [-0.25, -0.2) is 14.3 Å². The summed E-state index contributed by atoms with van der Waals surface area (Å²) in [6, 6.07) is 9.91. The first-order valence-electron chi connectivity index (χ1n) is 8.28. The number of hydrogen-bond acceptors (Lipinski definition) is 5. The highest BCUT2D eigenvalue weighted by Gasteiger charge is 2.34. The maximum absolute atomic E-state index is 13.2. The number of anilines is 1. The van der Waals surface area contributed by atoms with E-state index in [1.165, 1.54) is 24.4 Å². The van der Waals surface area contributed by atoms with Crippen LogP contribution >= 0.6 is 0 Å². The molecule has 0 aliphatic heterocycles. The maximum Gasteiger partial charge on any atom is 0.418 e. The molecule has 29 heavy (non-hydrogen) atoms. The Morgan fingerprint density at radius 2 is 1.86 bits per heavy atom. The molecule has 1 amide bonds. The largest absolute Gasteiger partial charge is 0.418 e. The molecule has 0 fully saturated rings. The molecule has 0 atom stereocenters. The summed E-state index contributed by atoms with van der Waals surface area (Å²) in [6.45, 7) is 0. The molecule has 0 bridgehead atoms. The molecular formula is C18H12F3N7O. The third-order valence-electron chi connectivity index (χ3n) is 3.93. The van der Waals surface area contributed by atoms with Crippen LogP contribution in [0.5, 0.6) is 0 Å². The second kappa shape index (κ2) is 7.19. The molecule has 3 heterocycles. The lowest BCUT2D eigenvalue weighted by Crippen LogP contribution is -2.13. The van der Waals surface area contributed by atoms with E-state index in [1.54, 1.807) is 35.3 Å². The summed E-state index contributed by atoms with van der Waals surface area (Å²) < 4.78 is 42.0. The van der Waals surface area contributed by atoms with Crippen LogP contribution in [0.3, 0.4) is 0 Å². The smallest absolute Gasteiger partial charge is 0.319 e. The summed E-state index contributed by atoms with van der Waals surface area (Å²) in [5.41, 5.74) is -0.860. The fourth-order valence-electron chi connectivity index (χ4n) is 2.59. The van der Waals surface area contributed by atoms with Crippen molar-refractivity contribution in [1.82, 2.24) is 29.8 Å². The number of rotatable bonds is 4. The van der Waals surface area contributed by atoms with Crippen LogP contribution in [0.15, 0.2) is 67.3 Å². The van der Waals surface area contributed by atoms with Crippen molar-refractivity contribution in [3.8, 4) is 11.5 Å². The molecule has 3 aromatic heterocycles. The summed E-state index contributed by atoms with van der Waals surface area (Å²) in [6.07, 6.45) is 1.33. The molecule has 0 unspecified atom stereocenters. The van der Waals surface area contributed by atoms with Gasteiger partial charge in [0.25, 0.3) is 5.91 Å². The van der Waals surface area contributed by atoms with E-state index in [0.717, 1.165) is 16.9 Å². The zero-order valence-electron chi connectivity index (χ0n) is 14.6. The number of nitrogens with one attached hydrogen (secondary N) is 1. The molecule has 0 aliphatic carbocycles. The van der Waals surface area contributed by atoms with Gasteiger partial charge in [0.05, 0.1) is 29.3 Å². The number of halogens is 3. The number of nitrogens with zero attached hydrogens (tertiary/aromatic N) is 6. The normalized spacial score (nSPS) is 11.4. The highest BCUT2D eigenvalue weighted by Crippen LogP contribution is 2.33. The van der Waals surface area contributed by atoms with Crippen molar-refractivity contribution in [3.63, 3.8) is 0 Å². The standard InChI is InChI=1S/C18H12F3N7O/c19-18(20,21)13-4-1-2-5-15(13)28-11-14(25-26-28)17(29)24-12-6-7-16(22-10-12)27-9-3-8-23-27/h1-11H,(H,24,29). The minimum Gasteiger partial charge on any atom is -0.319 e. The Kier molecular flexibility index (Phi) is 4.55. The number of carbonyl (C=O) groups excluding carboxylic acids is 1. The quantitative estimate of drug-likeness (QED) is 0.570. The minimum atomic E-state index is -4.56. The van der Waals surface area contributed by atoms with Crippen LogP contribution in [0, 0.1) is 0 Å². The van der Waals surface area contributed by atoms with E-state index in [9.17, 15) is 18.0 Å². The number of aromatic nitrogens is 6. The Labute approximate surface area is 161 Å². The van der Waals surface area contributed by atoms with Crippen molar-refractivity contribution in [2.75, 3.05) is 5.32 Å². The molecule has 1 N–H and O–H groups in total. The van der Waals surface area contributed by atoms with Gasteiger partial charge in [-0.2, -0.15) is 18.3 Å². The zero-order valence-corrected chi connectivity index (χ0v) is 14.6. The van der Waals surface area contributed by atoms with Gasteiger partial charge >= 0.3 is 6.18 Å². The van der Waals surface area contributed by atoms with Crippen molar-refractivity contribution in [3.05, 3.63) is 78.5 Å². The maximum atomic E-state index is 13.2. The highest BCUT2D eigenvalue weighted by molar-refractivity contribution is 6.02. The van der Waals surface area contributed by atoms with E-state index >= 15 is 0 Å². The Hall–Kier alpha value is -4.02. The Balaban J connectivity index is 1.52. The van der Waals surface area contributed by atoms with Gasteiger partial charge in [0, 0.05) is 12.4 Å². The second-order valence-electron chi connectivity index (χ2n) is 5.87. The van der Waals surface area contributed by atoms with E-state index in [4.69, 9.17) is 0 Å². The monoisotopic (exact) mass is 399 g/mol. The van der Waals surface area contributed by atoms with Crippen LogP contribution in [0.2, 0.25) is 0 Å². The summed E-state index contributed by atoms with van der Waals surface area (Å²) >= 11 is 0. The molecular weight excluding hydrogens is 387 g/mol. The van der Waals surface area contributed by atoms with Crippen LogP contribution in [0.1, 0.15) is 16.1 Å². The molecule has 4 rings (SSSR count). The molecule has 0 saturated carbocycles. The number of carbonyl (C=O) groups is 1. The summed E-state index contributed by atoms with van der Waals surface area (Å²) in [5.74, 6) is -0.0721. The summed E-state index contributed by atoms with van der Waals surface area (Å²) in [4.78, 5) is 16.5. The molecule has 0 aliphatic rings. The first-order valence-corrected chi connectivity index (χ1v) is 8.28. The predicted molar refractivity (Wildman–Crippen MR) is 95.7 cm³/mol. The van der Waals surface area contributed by atoms with Gasteiger partial charge in [0.1, 0.15) is 0 Å². The minimum absolute atomic E-state index is 0.141. The van der Waals surface area contributed by atoms with Gasteiger partial charge in [0.15, 0.2) is 11.5 Å². The van der Waals surface area contributed by atoms with Crippen LogP contribution < -0.4 is 5.32 Å². The SMILES string of the molecule is O=C(Nc1ccc(-n2cccn2)nc1)c1cn(-c2ccccc2C(F)(F)F)nn1. The van der Waals surface area contributed by atoms with E-state index < -0.39 is 17.6 Å². The van der Waals surface area contributed by atoms with Crippen molar-refractivity contribution >= 4 is 11.6 Å². The van der Waals surface area contributed by atoms with E-state index in [1.807, 2.05) is 0 Å². The lowest BCUT2D eigenvalue weighted by molar-refractivity contribution is -0.137. The lowest BCUT2D eigenvalue weighted by atomic mass is 10.1. The number of amides is 1. The molecule has 11 heteroatoms. The van der Waals surface area contributed by atoms with E-state index in [0.29, 0.717) is 11.5 Å². The van der Waals surface area contributed by atoms with Crippen LogP contribution in [0.4, 0.5) is 18.9 Å². The first-order chi connectivity index (χ1) is 13.9. The molecule has 0 radical (unpaired) electrons. The van der Waals surface area contributed by atoms with Gasteiger partial charge in [-0.1, -0.05) is 17.3 Å². The van der Waals surface area contributed by atoms with Gasteiger partial charge in [-0.05, 0) is 30.3 Å². The molecule has 8 nitrogen and oxygen atoms in total. The van der Waals surface area contributed by atoms with Crippen LogP contribution in [-0.2, 0) is 6.18 Å². The van der Waals surface area contributed by atoms with Gasteiger partial charge in [-0.3, -0.25) is 4.79 Å². The highest BCUT2D eigenvalue weighted by atomic mass is 19.4. The first kappa shape index (κ1) is 18.3. The number of pyridine rings is 1. The van der Waals surface area contributed by atoms with E-state index in [2.05, 4.69) is 25.7 Å². The number of benzene rings is 1. The van der Waals surface area contributed by atoms with Crippen molar-refractivity contribution in [1.29, 1.82) is 0 Å². The average molecular weight is 399 g/mol. The topological polar surface area (TPSA) is 90.5 Å². The summed E-state index contributed by atoms with van der Waals surface area (Å²) in [7, 11) is 0. The molecule has 0 spiro atoms. The third kappa shape index (κ3) is 3.83. The Morgan fingerprint density at radius 3 is 2.55 bits per heavy atom. The zero-order chi connectivity index (χ0) is 20.4. The number of alkyl halides is 3.